The molecule has 0 saturated carbocycles. The van der Waals surface area contributed by atoms with Gasteiger partial charge in [0, 0.05) is 17.3 Å². The summed E-state index contributed by atoms with van der Waals surface area (Å²) in [5, 5.41) is 0.733. The summed E-state index contributed by atoms with van der Waals surface area (Å²) in [5.74, 6) is 0. The number of pyridine rings is 1. The second kappa shape index (κ2) is 4.73. The van der Waals surface area contributed by atoms with Gasteiger partial charge in [0.25, 0.3) is 5.56 Å². The van der Waals surface area contributed by atoms with Crippen LogP contribution in [0.1, 0.15) is 10.4 Å². The van der Waals surface area contributed by atoms with Crippen LogP contribution in [0.2, 0.25) is 10.0 Å². The summed E-state index contributed by atoms with van der Waals surface area (Å²) in [4.78, 5) is 24.9. The van der Waals surface area contributed by atoms with Gasteiger partial charge in [-0.1, -0.05) is 29.3 Å². The molecule has 5 heteroatoms. The zero-order valence-corrected chi connectivity index (χ0v) is 10.0. The molecule has 3 nitrogen and oxygen atoms in total. The summed E-state index contributed by atoms with van der Waals surface area (Å²) >= 11 is 12.0. The van der Waals surface area contributed by atoms with Crippen molar-refractivity contribution in [2.24, 2.45) is 0 Å². The lowest BCUT2D eigenvalue weighted by Crippen LogP contribution is -2.09. The van der Waals surface area contributed by atoms with Crippen molar-refractivity contribution in [3.63, 3.8) is 0 Å². The quantitative estimate of drug-likeness (QED) is 0.850. The number of hydrogen-bond donors (Lipinski definition) is 1. The third-order valence-electron chi connectivity index (χ3n) is 2.29. The lowest BCUT2D eigenvalue weighted by Gasteiger charge is -2.06. The molecule has 0 bridgehead atoms. The Bertz CT molecular complexity index is 614. The van der Waals surface area contributed by atoms with E-state index < -0.39 is 0 Å². The minimum absolute atomic E-state index is 0.283. The number of carbonyl (C=O) groups is 1. The van der Waals surface area contributed by atoms with Gasteiger partial charge in [0.2, 0.25) is 0 Å². The third kappa shape index (κ3) is 2.25. The maximum absolute atomic E-state index is 11.7. The van der Waals surface area contributed by atoms with Crippen molar-refractivity contribution in [1.82, 2.24) is 4.98 Å². The van der Waals surface area contributed by atoms with E-state index in [0.717, 1.165) is 0 Å². The Morgan fingerprint density at radius 2 is 1.82 bits per heavy atom. The van der Waals surface area contributed by atoms with Crippen LogP contribution in [-0.4, -0.2) is 11.3 Å². The highest BCUT2D eigenvalue weighted by molar-refractivity contribution is 6.39. The standard InChI is InChI=1S/C12H7Cl2NO2/c13-9-2-1-3-10(14)11(9)8-4-7(6-16)5-15-12(8)17/h1-6H,(H,15,17). The topological polar surface area (TPSA) is 49.9 Å². The maximum atomic E-state index is 11.7. The number of carbonyl (C=O) groups excluding carboxylic acids is 1. The largest absolute Gasteiger partial charge is 0.328 e. The summed E-state index contributed by atoms with van der Waals surface area (Å²) in [7, 11) is 0. The number of aldehydes is 1. The third-order valence-corrected chi connectivity index (χ3v) is 2.92. The van der Waals surface area contributed by atoms with Gasteiger partial charge >= 0.3 is 0 Å². The van der Waals surface area contributed by atoms with E-state index in [9.17, 15) is 9.59 Å². The van der Waals surface area contributed by atoms with Crippen LogP contribution in [0.15, 0.2) is 35.3 Å². The van der Waals surface area contributed by atoms with Gasteiger partial charge in [0.05, 0.1) is 15.6 Å². The van der Waals surface area contributed by atoms with E-state index in [1.807, 2.05) is 0 Å². The zero-order valence-electron chi connectivity index (χ0n) is 8.54. The number of H-pyrrole nitrogens is 1. The average molecular weight is 268 g/mol. The summed E-state index contributed by atoms with van der Waals surface area (Å²) in [6.07, 6.45) is 1.98. The van der Waals surface area contributed by atoms with Crippen LogP contribution in [0.3, 0.4) is 0 Å². The van der Waals surface area contributed by atoms with Crippen molar-refractivity contribution in [1.29, 1.82) is 0 Å². The maximum Gasteiger partial charge on any atom is 0.255 e. The SMILES string of the molecule is O=Cc1c[nH]c(=O)c(-c2c(Cl)cccc2Cl)c1. The first-order chi connectivity index (χ1) is 8.13. The lowest BCUT2D eigenvalue weighted by atomic mass is 10.1. The molecule has 0 fully saturated rings. The van der Waals surface area contributed by atoms with Crippen LogP contribution >= 0.6 is 23.2 Å². The number of hydrogen-bond acceptors (Lipinski definition) is 2. The smallest absolute Gasteiger partial charge is 0.255 e. The Morgan fingerprint density at radius 1 is 1.18 bits per heavy atom. The molecule has 0 aliphatic heterocycles. The van der Waals surface area contributed by atoms with Crippen LogP contribution in [0.25, 0.3) is 11.1 Å². The van der Waals surface area contributed by atoms with Gasteiger partial charge in [-0.15, -0.1) is 0 Å². The van der Waals surface area contributed by atoms with Gasteiger partial charge in [-0.25, -0.2) is 0 Å². The highest BCUT2D eigenvalue weighted by Gasteiger charge is 2.12. The molecular weight excluding hydrogens is 261 g/mol. The lowest BCUT2D eigenvalue weighted by molar-refractivity contribution is 0.112. The fraction of sp³-hybridized carbons (Fsp3) is 0. The minimum atomic E-state index is -0.342. The molecule has 1 N–H and O–H groups in total. The van der Waals surface area contributed by atoms with Crippen molar-refractivity contribution in [3.8, 4) is 11.1 Å². The molecule has 17 heavy (non-hydrogen) atoms. The fourth-order valence-electron chi connectivity index (χ4n) is 1.51. The van der Waals surface area contributed by atoms with E-state index in [1.165, 1.54) is 12.3 Å². The molecule has 1 aromatic carbocycles. The normalized spacial score (nSPS) is 10.2. The average Bonchev–Trinajstić information content (AvgIpc) is 2.31. The van der Waals surface area contributed by atoms with Gasteiger partial charge in [-0.05, 0) is 18.2 Å². The molecule has 1 heterocycles. The van der Waals surface area contributed by atoms with Crippen LogP contribution in [0.4, 0.5) is 0 Å². The minimum Gasteiger partial charge on any atom is -0.328 e. The molecule has 0 amide bonds. The Labute approximate surface area is 107 Å². The summed E-state index contributed by atoms with van der Waals surface area (Å²) in [5.41, 5.74) is 0.729. The molecule has 0 radical (unpaired) electrons. The van der Waals surface area contributed by atoms with Gasteiger partial charge in [-0.3, -0.25) is 9.59 Å². The van der Waals surface area contributed by atoms with Crippen molar-refractivity contribution in [2.75, 3.05) is 0 Å². The molecule has 0 atom stereocenters. The Kier molecular flexibility index (Phi) is 3.31. The van der Waals surface area contributed by atoms with Crippen molar-refractivity contribution >= 4 is 29.5 Å². The molecular formula is C12H7Cl2NO2. The zero-order chi connectivity index (χ0) is 12.4. The fourth-order valence-corrected chi connectivity index (χ4v) is 2.11. The molecule has 2 aromatic rings. The van der Waals surface area contributed by atoms with E-state index >= 15 is 0 Å². The highest BCUT2D eigenvalue weighted by atomic mass is 35.5. The first-order valence-electron chi connectivity index (χ1n) is 4.76. The van der Waals surface area contributed by atoms with Crippen molar-refractivity contribution < 1.29 is 4.79 Å². The van der Waals surface area contributed by atoms with Crippen LogP contribution in [0.5, 0.6) is 0 Å². The van der Waals surface area contributed by atoms with E-state index in [1.54, 1.807) is 18.2 Å². The number of rotatable bonds is 2. The number of benzene rings is 1. The predicted molar refractivity (Wildman–Crippen MR) is 67.9 cm³/mol. The summed E-state index contributed by atoms with van der Waals surface area (Å²) in [6.45, 7) is 0. The molecule has 0 unspecified atom stereocenters. The number of aromatic amines is 1. The van der Waals surface area contributed by atoms with Crippen LogP contribution in [0, 0.1) is 0 Å². The van der Waals surface area contributed by atoms with Gasteiger partial charge in [-0.2, -0.15) is 0 Å². The molecule has 1 aromatic heterocycles. The second-order valence-corrected chi connectivity index (χ2v) is 4.20. The molecule has 86 valence electrons. The van der Waals surface area contributed by atoms with Crippen LogP contribution < -0.4 is 5.56 Å². The van der Waals surface area contributed by atoms with Gasteiger partial charge < -0.3 is 4.98 Å². The van der Waals surface area contributed by atoms with E-state index in [4.69, 9.17) is 23.2 Å². The van der Waals surface area contributed by atoms with Crippen molar-refractivity contribution in [2.45, 2.75) is 0 Å². The summed E-state index contributed by atoms with van der Waals surface area (Å²) in [6, 6.07) is 6.41. The Morgan fingerprint density at radius 3 is 2.41 bits per heavy atom. The number of aromatic nitrogens is 1. The molecule has 0 spiro atoms. The Balaban J connectivity index is 2.76. The van der Waals surface area contributed by atoms with E-state index in [0.29, 0.717) is 27.5 Å². The molecule has 0 aliphatic rings. The summed E-state index contributed by atoms with van der Waals surface area (Å²) < 4.78 is 0. The highest BCUT2D eigenvalue weighted by Crippen LogP contribution is 2.32. The van der Waals surface area contributed by atoms with Crippen molar-refractivity contribution in [3.05, 3.63) is 56.4 Å². The molecule has 2 rings (SSSR count). The first-order valence-corrected chi connectivity index (χ1v) is 5.51. The van der Waals surface area contributed by atoms with Gasteiger partial charge in [0.1, 0.15) is 0 Å². The van der Waals surface area contributed by atoms with E-state index in [-0.39, 0.29) is 11.1 Å². The molecule has 0 aliphatic carbocycles. The van der Waals surface area contributed by atoms with Crippen LogP contribution in [-0.2, 0) is 0 Å². The van der Waals surface area contributed by atoms with Gasteiger partial charge in [0.15, 0.2) is 6.29 Å². The number of halogens is 2. The Hall–Kier alpha value is -1.58. The molecule has 0 saturated heterocycles. The van der Waals surface area contributed by atoms with E-state index in [2.05, 4.69) is 4.98 Å². The first kappa shape index (κ1) is 11.9. The second-order valence-electron chi connectivity index (χ2n) is 3.39. The predicted octanol–water partition coefficient (Wildman–Crippen LogP) is 3.16. The number of nitrogens with one attached hydrogen (secondary N) is 1. The monoisotopic (exact) mass is 267 g/mol.